The van der Waals surface area contributed by atoms with Gasteiger partial charge in [0.2, 0.25) is 0 Å². The molecule has 78 valence electrons. The van der Waals surface area contributed by atoms with Crippen molar-refractivity contribution in [3.8, 4) is 0 Å². The SMILES string of the molecule is OC1CCC2N=Cc3ccccc3C2C1. The van der Waals surface area contributed by atoms with Gasteiger partial charge in [-0.15, -0.1) is 0 Å². The molecule has 1 heterocycles. The van der Waals surface area contributed by atoms with Crippen LogP contribution in [-0.2, 0) is 0 Å². The predicted octanol–water partition coefficient (Wildman–Crippen LogP) is 2.12. The first-order valence-corrected chi connectivity index (χ1v) is 5.65. The lowest BCUT2D eigenvalue weighted by atomic mass is 9.76. The maximum absolute atomic E-state index is 9.72. The summed E-state index contributed by atoms with van der Waals surface area (Å²) < 4.78 is 0. The van der Waals surface area contributed by atoms with Gasteiger partial charge in [-0.1, -0.05) is 24.3 Å². The molecule has 1 N–H and O–H groups in total. The number of rotatable bonds is 0. The molecule has 15 heavy (non-hydrogen) atoms. The first-order chi connectivity index (χ1) is 7.34. The van der Waals surface area contributed by atoms with E-state index >= 15 is 0 Å². The molecule has 1 aromatic carbocycles. The van der Waals surface area contributed by atoms with Gasteiger partial charge in [0.05, 0.1) is 12.1 Å². The van der Waals surface area contributed by atoms with Gasteiger partial charge in [-0.2, -0.15) is 0 Å². The smallest absolute Gasteiger partial charge is 0.0570 e. The lowest BCUT2D eigenvalue weighted by Gasteiger charge is -2.35. The fraction of sp³-hybridized carbons (Fsp3) is 0.462. The van der Waals surface area contributed by atoms with Crippen LogP contribution in [0.5, 0.6) is 0 Å². The van der Waals surface area contributed by atoms with E-state index in [0.29, 0.717) is 12.0 Å². The summed E-state index contributed by atoms with van der Waals surface area (Å²) in [4.78, 5) is 4.59. The molecule has 2 aliphatic rings. The average Bonchev–Trinajstić information content (AvgIpc) is 2.29. The Morgan fingerprint density at radius 1 is 1.20 bits per heavy atom. The van der Waals surface area contributed by atoms with Crippen LogP contribution >= 0.6 is 0 Å². The first kappa shape index (κ1) is 9.10. The van der Waals surface area contributed by atoms with E-state index in [0.717, 1.165) is 19.3 Å². The maximum Gasteiger partial charge on any atom is 0.0570 e. The van der Waals surface area contributed by atoms with Crippen LogP contribution in [0.3, 0.4) is 0 Å². The molecule has 0 spiro atoms. The second-order valence-corrected chi connectivity index (χ2v) is 4.55. The highest BCUT2D eigenvalue weighted by Crippen LogP contribution is 2.38. The molecule has 1 aliphatic heterocycles. The normalized spacial score (nSPS) is 33.3. The van der Waals surface area contributed by atoms with E-state index in [2.05, 4.69) is 23.2 Å². The van der Waals surface area contributed by atoms with Crippen molar-refractivity contribution in [2.75, 3.05) is 0 Å². The van der Waals surface area contributed by atoms with E-state index in [-0.39, 0.29) is 6.10 Å². The second-order valence-electron chi connectivity index (χ2n) is 4.55. The number of aliphatic hydroxyl groups is 1. The van der Waals surface area contributed by atoms with Crippen molar-refractivity contribution >= 4 is 6.21 Å². The highest BCUT2D eigenvalue weighted by atomic mass is 16.3. The summed E-state index contributed by atoms with van der Waals surface area (Å²) in [5.41, 5.74) is 2.60. The Kier molecular flexibility index (Phi) is 2.10. The third-order valence-electron chi connectivity index (χ3n) is 3.59. The molecule has 1 fully saturated rings. The van der Waals surface area contributed by atoms with Gasteiger partial charge in [-0.25, -0.2) is 0 Å². The molecule has 2 heteroatoms. The summed E-state index contributed by atoms with van der Waals surface area (Å²) in [6.45, 7) is 0. The van der Waals surface area contributed by atoms with E-state index < -0.39 is 0 Å². The van der Waals surface area contributed by atoms with E-state index in [4.69, 9.17) is 0 Å². The van der Waals surface area contributed by atoms with Crippen molar-refractivity contribution in [2.45, 2.75) is 37.3 Å². The summed E-state index contributed by atoms with van der Waals surface area (Å²) in [5.74, 6) is 0.440. The van der Waals surface area contributed by atoms with Gasteiger partial charge in [0.15, 0.2) is 0 Å². The minimum absolute atomic E-state index is 0.132. The number of hydrogen-bond acceptors (Lipinski definition) is 2. The van der Waals surface area contributed by atoms with Gasteiger partial charge in [0.1, 0.15) is 0 Å². The van der Waals surface area contributed by atoms with Crippen LogP contribution in [0.25, 0.3) is 0 Å². The van der Waals surface area contributed by atoms with Gasteiger partial charge >= 0.3 is 0 Å². The van der Waals surface area contributed by atoms with E-state index in [1.165, 1.54) is 11.1 Å². The van der Waals surface area contributed by atoms with Crippen LogP contribution in [0.15, 0.2) is 29.3 Å². The van der Waals surface area contributed by atoms with Crippen LogP contribution in [0.2, 0.25) is 0 Å². The molecule has 1 aliphatic carbocycles. The second kappa shape index (κ2) is 3.46. The third-order valence-corrected chi connectivity index (χ3v) is 3.59. The Morgan fingerprint density at radius 3 is 3.00 bits per heavy atom. The van der Waals surface area contributed by atoms with Crippen molar-refractivity contribution in [2.24, 2.45) is 4.99 Å². The van der Waals surface area contributed by atoms with Crippen molar-refractivity contribution in [3.63, 3.8) is 0 Å². The van der Waals surface area contributed by atoms with Crippen molar-refractivity contribution in [3.05, 3.63) is 35.4 Å². The molecule has 2 nitrogen and oxygen atoms in total. The summed E-state index contributed by atoms with van der Waals surface area (Å²) in [6, 6.07) is 8.82. The Hall–Kier alpha value is -1.15. The van der Waals surface area contributed by atoms with Crippen LogP contribution in [0, 0.1) is 0 Å². The highest BCUT2D eigenvalue weighted by Gasteiger charge is 2.33. The summed E-state index contributed by atoms with van der Waals surface area (Å²) in [6.07, 6.45) is 4.66. The lowest BCUT2D eigenvalue weighted by Crippen LogP contribution is -2.31. The van der Waals surface area contributed by atoms with Crippen molar-refractivity contribution < 1.29 is 5.11 Å². The predicted molar refractivity (Wildman–Crippen MR) is 60.4 cm³/mol. The summed E-state index contributed by atoms with van der Waals surface area (Å²) >= 11 is 0. The molecular weight excluding hydrogens is 186 g/mol. The van der Waals surface area contributed by atoms with Crippen LogP contribution in [0.4, 0.5) is 0 Å². The number of aliphatic hydroxyl groups excluding tert-OH is 1. The molecule has 1 saturated carbocycles. The number of hydrogen-bond donors (Lipinski definition) is 1. The molecule has 0 radical (unpaired) electrons. The molecule has 0 bridgehead atoms. The van der Waals surface area contributed by atoms with E-state index in [9.17, 15) is 5.11 Å². The molecule has 3 atom stereocenters. The zero-order valence-electron chi connectivity index (χ0n) is 8.63. The number of nitrogens with zero attached hydrogens (tertiary/aromatic N) is 1. The topological polar surface area (TPSA) is 32.6 Å². The van der Waals surface area contributed by atoms with E-state index in [1.54, 1.807) is 0 Å². The molecule has 0 amide bonds. The Morgan fingerprint density at radius 2 is 2.07 bits per heavy atom. The zero-order chi connectivity index (χ0) is 10.3. The fourth-order valence-corrected chi connectivity index (χ4v) is 2.79. The molecule has 3 unspecified atom stereocenters. The van der Waals surface area contributed by atoms with Gasteiger partial charge in [-0.05, 0) is 30.4 Å². The number of benzene rings is 1. The standard InChI is InChI=1S/C13H15NO/c15-10-5-6-13-12(7-10)11-4-2-1-3-9(11)8-14-13/h1-4,8,10,12-13,15H,5-7H2. The summed E-state index contributed by atoms with van der Waals surface area (Å²) in [7, 11) is 0. The maximum atomic E-state index is 9.72. The monoisotopic (exact) mass is 201 g/mol. The molecule has 3 rings (SSSR count). The minimum atomic E-state index is -0.132. The number of fused-ring (bicyclic) bond motifs is 3. The van der Waals surface area contributed by atoms with Gasteiger partial charge in [0.25, 0.3) is 0 Å². The van der Waals surface area contributed by atoms with Gasteiger partial charge in [0, 0.05) is 12.1 Å². The average molecular weight is 201 g/mol. The molecule has 0 aromatic heterocycles. The minimum Gasteiger partial charge on any atom is -0.393 e. The van der Waals surface area contributed by atoms with Crippen LogP contribution < -0.4 is 0 Å². The third kappa shape index (κ3) is 1.49. The number of aliphatic imine (C=N–C) groups is 1. The molecular formula is C13H15NO. The van der Waals surface area contributed by atoms with Crippen molar-refractivity contribution in [1.29, 1.82) is 0 Å². The van der Waals surface area contributed by atoms with Crippen LogP contribution in [0.1, 0.15) is 36.3 Å². The van der Waals surface area contributed by atoms with Gasteiger partial charge < -0.3 is 5.11 Å². The van der Waals surface area contributed by atoms with Gasteiger partial charge in [-0.3, -0.25) is 4.99 Å². The zero-order valence-corrected chi connectivity index (χ0v) is 8.63. The highest BCUT2D eigenvalue weighted by molar-refractivity contribution is 5.83. The Labute approximate surface area is 89.7 Å². The Balaban J connectivity index is 2.01. The quantitative estimate of drug-likeness (QED) is 0.685. The van der Waals surface area contributed by atoms with Crippen LogP contribution in [-0.4, -0.2) is 23.5 Å². The Bertz CT molecular complexity index is 399. The lowest BCUT2D eigenvalue weighted by molar-refractivity contribution is 0.111. The van der Waals surface area contributed by atoms with E-state index in [1.807, 2.05) is 12.3 Å². The molecule has 1 aromatic rings. The first-order valence-electron chi connectivity index (χ1n) is 5.65. The fourth-order valence-electron chi connectivity index (χ4n) is 2.79. The summed E-state index contributed by atoms with van der Waals surface area (Å²) in [5, 5.41) is 9.72. The van der Waals surface area contributed by atoms with Crippen molar-refractivity contribution in [1.82, 2.24) is 0 Å². The molecule has 0 saturated heterocycles. The largest absolute Gasteiger partial charge is 0.393 e.